The molecule has 0 heterocycles. The van der Waals surface area contributed by atoms with Gasteiger partial charge < -0.3 is 0 Å². The van der Waals surface area contributed by atoms with E-state index in [4.69, 9.17) is 4.78 Å². The highest BCUT2D eigenvalue weighted by molar-refractivity contribution is 7.92. The van der Waals surface area contributed by atoms with Gasteiger partial charge in [-0.15, -0.1) is 0 Å². The summed E-state index contributed by atoms with van der Waals surface area (Å²) in [4.78, 5) is 0. The number of rotatable bonds is 1. The molecule has 0 unspecified atom stereocenters. The maximum Gasteiger partial charge on any atom is 0.0441 e. The third-order valence-electron chi connectivity index (χ3n) is 2.19. The molecule has 1 fully saturated rings. The lowest BCUT2D eigenvalue weighted by molar-refractivity contribution is 0.502. The molecule has 3 heteroatoms. The monoisotopic (exact) mass is 161 g/mol. The predicted molar refractivity (Wildman–Crippen MR) is 43.7 cm³/mol. The van der Waals surface area contributed by atoms with Crippen LogP contribution in [0.3, 0.4) is 0 Å². The first-order chi connectivity index (χ1) is 4.61. The molecule has 0 saturated heterocycles. The fourth-order valence-electron chi connectivity index (χ4n) is 1.51. The Kier molecular flexibility index (Phi) is 2.34. The van der Waals surface area contributed by atoms with Crippen molar-refractivity contribution in [3.8, 4) is 0 Å². The molecule has 0 spiro atoms. The van der Waals surface area contributed by atoms with Gasteiger partial charge in [-0.05, 0) is 12.8 Å². The summed E-state index contributed by atoms with van der Waals surface area (Å²) in [5.74, 6) is 0. The zero-order chi connectivity index (χ0) is 7.61. The van der Waals surface area contributed by atoms with Crippen LogP contribution in [0.4, 0.5) is 0 Å². The van der Waals surface area contributed by atoms with Crippen molar-refractivity contribution < 1.29 is 4.21 Å². The van der Waals surface area contributed by atoms with Gasteiger partial charge in [-0.25, -0.2) is 4.21 Å². The molecule has 0 aromatic rings. The van der Waals surface area contributed by atoms with Crippen LogP contribution in [0, 0.1) is 4.78 Å². The largest absolute Gasteiger partial charge is 0.253 e. The molecule has 0 bridgehead atoms. The van der Waals surface area contributed by atoms with Crippen molar-refractivity contribution >= 4 is 9.73 Å². The van der Waals surface area contributed by atoms with Gasteiger partial charge in [0.05, 0.1) is 0 Å². The summed E-state index contributed by atoms with van der Waals surface area (Å²) < 4.78 is 18.6. The zero-order valence-electron chi connectivity index (χ0n) is 6.43. The molecule has 1 aliphatic carbocycles. The quantitative estimate of drug-likeness (QED) is 0.628. The van der Waals surface area contributed by atoms with Crippen molar-refractivity contribution in [1.82, 2.24) is 0 Å². The van der Waals surface area contributed by atoms with Gasteiger partial charge in [0.25, 0.3) is 0 Å². The molecule has 1 rings (SSSR count). The van der Waals surface area contributed by atoms with E-state index in [-0.39, 0.29) is 5.25 Å². The highest BCUT2D eigenvalue weighted by atomic mass is 32.2. The minimum absolute atomic E-state index is 0.196. The molecule has 0 aromatic carbocycles. The fraction of sp³-hybridized carbons (Fsp3) is 1.00. The normalized spacial score (nSPS) is 27.7. The van der Waals surface area contributed by atoms with Crippen molar-refractivity contribution in [2.24, 2.45) is 0 Å². The summed E-state index contributed by atoms with van der Waals surface area (Å²) >= 11 is 0. The molecule has 1 aliphatic rings. The van der Waals surface area contributed by atoms with Crippen molar-refractivity contribution in [3.63, 3.8) is 0 Å². The van der Waals surface area contributed by atoms with Crippen molar-refractivity contribution in [1.29, 1.82) is 4.78 Å². The molecular weight excluding hydrogens is 146 g/mol. The van der Waals surface area contributed by atoms with Gasteiger partial charge >= 0.3 is 0 Å². The first kappa shape index (κ1) is 8.05. The van der Waals surface area contributed by atoms with Crippen molar-refractivity contribution in [3.05, 3.63) is 0 Å². The van der Waals surface area contributed by atoms with E-state index in [1.54, 1.807) is 6.26 Å². The highest BCUT2D eigenvalue weighted by Crippen LogP contribution is 2.23. The molecule has 1 saturated carbocycles. The topological polar surface area (TPSA) is 40.9 Å². The molecule has 0 amide bonds. The third-order valence-corrected chi connectivity index (χ3v) is 3.93. The summed E-state index contributed by atoms with van der Waals surface area (Å²) in [7, 11) is -2.23. The Balaban J connectivity index is 2.56. The van der Waals surface area contributed by atoms with Gasteiger partial charge in [-0.2, -0.15) is 0 Å². The molecule has 10 heavy (non-hydrogen) atoms. The lowest BCUT2D eigenvalue weighted by Crippen LogP contribution is -2.21. The van der Waals surface area contributed by atoms with Gasteiger partial charge in [0.2, 0.25) is 0 Å². The summed E-state index contributed by atoms with van der Waals surface area (Å²) in [6, 6.07) is 0. The first-order valence-electron chi connectivity index (χ1n) is 3.83. The van der Waals surface area contributed by atoms with E-state index in [0.717, 1.165) is 12.8 Å². The number of hydrogen-bond donors (Lipinski definition) is 1. The average Bonchev–Trinajstić information content (AvgIpc) is 1.88. The highest BCUT2D eigenvalue weighted by Gasteiger charge is 2.19. The van der Waals surface area contributed by atoms with Crippen LogP contribution in [0.25, 0.3) is 0 Å². The molecular formula is C7H15NOS. The van der Waals surface area contributed by atoms with Crippen LogP contribution < -0.4 is 0 Å². The van der Waals surface area contributed by atoms with E-state index >= 15 is 0 Å². The lowest BCUT2D eigenvalue weighted by atomic mass is 10.0. The summed E-state index contributed by atoms with van der Waals surface area (Å²) in [5, 5.41) is 0.196. The van der Waals surface area contributed by atoms with E-state index in [1.807, 2.05) is 0 Å². The van der Waals surface area contributed by atoms with Crippen LogP contribution in [0.5, 0.6) is 0 Å². The van der Waals surface area contributed by atoms with E-state index in [0.29, 0.717) is 0 Å². The van der Waals surface area contributed by atoms with Crippen LogP contribution >= 0.6 is 0 Å². The minimum atomic E-state index is -2.23. The number of hydrogen-bond acceptors (Lipinski definition) is 2. The van der Waals surface area contributed by atoms with Crippen molar-refractivity contribution in [2.45, 2.75) is 37.4 Å². The van der Waals surface area contributed by atoms with Crippen LogP contribution in [-0.2, 0) is 9.73 Å². The van der Waals surface area contributed by atoms with Gasteiger partial charge in [0.1, 0.15) is 0 Å². The average molecular weight is 161 g/mol. The second-order valence-corrected chi connectivity index (χ2v) is 5.64. The summed E-state index contributed by atoms with van der Waals surface area (Å²) in [6.07, 6.45) is 7.22. The van der Waals surface area contributed by atoms with Gasteiger partial charge in [-0.3, -0.25) is 4.78 Å². The second-order valence-electron chi connectivity index (χ2n) is 3.16. The number of nitrogens with one attached hydrogen (secondary N) is 1. The zero-order valence-corrected chi connectivity index (χ0v) is 7.25. The lowest BCUT2D eigenvalue weighted by Gasteiger charge is -2.21. The second kappa shape index (κ2) is 2.91. The molecule has 1 atom stereocenters. The Morgan fingerprint density at radius 3 is 2.10 bits per heavy atom. The molecule has 60 valence electrons. The Hall–Kier alpha value is -0.0500. The molecule has 0 aromatic heterocycles. The third kappa shape index (κ3) is 1.97. The Bertz CT molecular complexity index is 190. The van der Waals surface area contributed by atoms with Crippen LogP contribution in [0.2, 0.25) is 0 Å². The fourth-order valence-corrected chi connectivity index (χ4v) is 2.75. The SMILES string of the molecule is C[S@](=N)(=O)C1CCCCC1. The molecule has 2 nitrogen and oxygen atoms in total. The van der Waals surface area contributed by atoms with E-state index in [1.165, 1.54) is 19.3 Å². The van der Waals surface area contributed by atoms with Crippen LogP contribution in [0.1, 0.15) is 32.1 Å². The van der Waals surface area contributed by atoms with Gasteiger partial charge in [0, 0.05) is 21.2 Å². The summed E-state index contributed by atoms with van der Waals surface area (Å²) in [6.45, 7) is 0. The van der Waals surface area contributed by atoms with E-state index in [2.05, 4.69) is 0 Å². The Morgan fingerprint density at radius 1 is 1.30 bits per heavy atom. The van der Waals surface area contributed by atoms with Gasteiger partial charge in [-0.1, -0.05) is 19.3 Å². The van der Waals surface area contributed by atoms with Gasteiger partial charge in [0.15, 0.2) is 0 Å². The van der Waals surface area contributed by atoms with E-state index < -0.39 is 9.73 Å². The standard InChI is InChI=1S/C7H15NOS/c1-10(8,9)7-5-3-2-4-6-7/h7-8H,2-6H2,1H3/t10-/m0/s1. The predicted octanol–water partition coefficient (Wildman–Crippen LogP) is 2.00. The Morgan fingerprint density at radius 2 is 1.80 bits per heavy atom. The smallest absolute Gasteiger partial charge is 0.0441 e. The summed E-state index contributed by atoms with van der Waals surface area (Å²) in [5.41, 5.74) is 0. The first-order valence-corrected chi connectivity index (χ1v) is 5.86. The maximum absolute atomic E-state index is 11.2. The van der Waals surface area contributed by atoms with Crippen molar-refractivity contribution in [2.75, 3.05) is 6.26 Å². The van der Waals surface area contributed by atoms with E-state index in [9.17, 15) is 4.21 Å². The molecule has 0 radical (unpaired) electrons. The minimum Gasteiger partial charge on any atom is -0.253 e. The molecule has 0 aliphatic heterocycles. The molecule has 1 N–H and O–H groups in total. The maximum atomic E-state index is 11.2. The van der Waals surface area contributed by atoms with Crippen LogP contribution in [0.15, 0.2) is 0 Å². The van der Waals surface area contributed by atoms with Crippen LogP contribution in [-0.4, -0.2) is 15.7 Å². The Labute approximate surface area is 63.0 Å².